The van der Waals surface area contributed by atoms with Crippen LogP contribution in [0.2, 0.25) is 5.02 Å². The van der Waals surface area contributed by atoms with E-state index in [2.05, 4.69) is 10.3 Å². The third-order valence-corrected chi connectivity index (χ3v) is 4.69. The summed E-state index contributed by atoms with van der Waals surface area (Å²) in [4.78, 5) is 27.0. The van der Waals surface area contributed by atoms with Crippen molar-refractivity contribution in [1.29, 1.82) is 0 Å². The third-order valence-electron chi connectivity index (χ3n) is 3.46. The van der Waals surface area contributed by atoms with Crippen molar-refractivity contribution in [2.75, 3.05) is 5.32 Å². The fourth-order valence-corrected chi connectivity index (χ4v) is 3.61. The molecular formula is C16H12ClN3O3S. The van der Waals surface area contributed by atoms with Crippen molar-refractivity contribution < 1.29 is 9.72 Å². The number of benzene rings is 2. The predicted molar refractivity (Wildman–Crippen MR) is 95.2 cm³/mol. The second-order valence-electron chi connectivity index (χ2n) is 5.33. The molecular weight excluding hydrogens is 350 g/mol. The minimum atomic E-state index is -0.622. The van der Waals surface area contributed by atoms with Crippen LogP contribution >= 0.6 is 22.9 Å². The first-order valence-electron chi connectivity index (χ1n) is 6.98. The first-order valence-corrected chi connectivity index (χ1v) is 8.17. The first-order chi connectivity index (χ1) is 11.3. The molecule has 0 radical (unpaired) electrons. The van der Waals surface area contributed by atoms with Gasteiger partial charge in [-0.15, -0.1) is 0 Å². The highest BCUT2D eigenvalue weighted by Gasteiger charge is 2.17. The van der Waals surface area contributed by atoms with Crippen molar-refractivity contribution in [3.63, 3.8) is 0 Å². The number of nitrogens with one attached hydrogen (secondary N) is 1. The number of amides is 1. The summed E-state index contributed by atoms with van der Waals surface area (Å²) in [5.74, 6) is -0.469. The van der Waals surface area contributed by atoms with Crippen molar-refractivity contribution in [2.45, 2.75) is 13.8 Å². The number of anilines is 1. The maximum Gasteiger partial charge on any atom is 0.288 e. The Balaban J connectivity index is 1.91. The van der Waals surface area contributed by atoms with Gasteiger partial charge in [-0.05, 0) is 43.2 Å². The Hall–Kier alpha value is -2.51. The lowest BCUT2D eigenvalue weighted by Gasteiger charge is -2.02. The molecule has 0 bridgehead atoms. The Morgan fingerprint density at radius 2 is 2.04 bits per heavy atom. The van der Waals surface area contributed by atoms with Crippen molar-refractivity contribution in [1.82, 2.24) is 4.98 Å². The molecule has 122 valence electrons. The van der Waals surface area contributed by atoms with Crippen LogP contribution in [0.3, 0.4) is 0 Å². The van der Waals surface area contributed by atoms with Crippen LogP contribution in [0, 0.1) is 24.0 Å². The van der Waals surface area contributed by atoms with Crippen molar-refractivity contribution >= 4 is 49.9 Å². The second kappa shape index (κ2) is 6.18. The molecule has 0 aliphatic carbocycles. The van der Waals surface area contributed by atoms with Crippen LogP contribution in [0.1, 0.15) is 21.5 Å². The van der Waals surface area contributed by atoms with Crippen LogP contribution in [0.5, 0.6) is 0 Å². The average Bonchev–Trinajstić information content (AvgIpc) is 2.89. The van der Waals surface area contributed by atoms with Gasteiger partial charge in [0.25, 0.3) is 11.6 Å². The van der Waals surface area contributed by atoms with E-state index in [-0.39, 0.29) is 16.3 Å². The number of aryl methyl sites for hydroxylation is 2. The van der Waals surface area contributed by atoms with Gasteiger partial charge in [-0.1, -0.05) is 29.0 Å². The van der Waals surface area contributed by atoms with Crippen molar-refractivity contribution in [3.8, 4) is 0 Å². The van der Waals surface area contributed by atoms with Gasteiger partial charge in [0.2, 0.25) is 0 Å². The third kappa shape index (κ3) is 3.08. The van der Waals surface area contributed by atoms with Crippen LogP contribution in [0.4, 0.5) is 10.8 Å². The lowest BCUT2D eigenvalue weighted by Crippen LogP contribution is -2.12. The summed E-state index contributed by atoms with van der Waals surface area (Å²) in [5.41, 5.74) is 2.83. The van der Waals surface area contributed by atoms with E-state index in [1.54, 1.807) is 0 Å². The largest absolute Gasteiger partial charge is 0.298 e. The monoisotopic (exact) mass is 361 g/mol. The van der Waals surface area contributed by atoms with E-state index in [1.807, 2.05) is 26.0 Å². The molecule has 1 aromatic heterocycles. The molecule has 0 aliphatic heterocycles. The maximum atomic E-state index is 12.3. The van der Waals surface area contributed by atoms with E-state index >= 15 is 0 Å². The number of nitro benzene ring substituents is 1. The molecule has 0 saturated carbocycles. The molecule has 1 amide bonds. The molecule has 0 atom stereocenters. The van der Waals surface area contributed by atoms with Crippen LogP contribution in [-0.4, -0.2) is 15.8 Å². The Labute approximate surface area is 146 Å². The summed E-state index contributed by atoms with van der Waals surface area (Å²) < 4.78 is 0.977. The molecule has 0 saturated heterocycles. The zero-order chi connectivity index (χ0) is 17.4. The number of thiazole rings is 1. The van der Waals surface area contributed by atoms with Crippen LogP contribution in [-0.2, 0) is 0 Å². The second-order valence-corrected chi connectivity index (χ2v) is 6.76. The highest BCUT2D eigenvalue weighted by atomic mass is 35.5. The van der Waals surface area contributed by atoms with E-state index in [0.29, 0.717) is 5.13 Å². The molecule has 1 heterocycles. The number of hydrogen-bond acceptors (Lipinski definition) is 5. The quantitative estimate of drug-likeness (QED) is 0.540. The highest BCUT2D eigenvalue weighted by Crippen LogP contribution is 2.30. The predicted octanol–water partition coefficient (Wildman–Crippen LogP) is 4.73. The highest BCUT2D eigenvalue weighted by molar-refractivity contribution is 7.22. The van der Waals surface area contributed by atoms with E-state index in [9.17, 15) is 14.9 Å². The summed E-state index contributed by atoms with van der Waals surface area (Å²) in [6, 6.07) is 7.95. The van der Waals surface area contributed by atoms with E-state index in [0.717, 1.165) is 27.4 Å². The fourth-order valence-electron chi connectivity index (χ4n) is 2.39. The summed E-state index contributed by atoms with van der Waals surface area (Å²) in [5, 5.41) is 14.0. The molecule has 8 heteroatoms. The summed E-state index contributed by atoms with van der Waals surface area (Å²) in [6.45, 7) is 3.96. The number of aromatic nitrogens is 1. The standard InChI is InChI=1S/C16H12ClN3O3S/c1-8-5-9(2)14-13(6-8)24-16(18-14)19-15(21)10-3-4-11(17)12(7-10)20(22)23/h3-7H,1-2H3,(H,18,19,21). The molecule has 2 aromatic carbocycles. The Morgan fingerprint density at radius 1 is 1.29 bits per heavy atom. The Bertz CT molecular complexity index is 984. The van der Waals surface area contributed by atoms with Gasteiger partial charge in [-0.25, -0.2) is 4.98 Å². The number of carbonyl (C=O) groups excluding carboxylic acids is 1. The Kier molecular flexibility index (Phi) is 4.21. The lowest BCUT2D eigenvalue weighted by atomic mass is 10.1. The number of halogens is 1. The molecule has 0 fully saturated rings. The van der Waals surface area contributed by atoms with E-state index in [1.165, 1.54) is 23.5 Å². The molecule has 6 nitrogen and oxygen atoms in total. The number of carbonyl (C=O) groups is 1. The zero-order valence-corrected chi connectivity index (χ0v) is 14.4. The molecule has 0 aliphatic rings. The minimum absolute atomic E-state index is 0.0114. The van der Waals surface area contributed by atoms with Gasteiger partial charge in [0.15, 0.2) is 5.13 Å². The summed E-state index contributed by atoms with van der Waals surface area (Å²) in [6.07, 6.45) is 0. The topological polar surface area (TPSA) is 85.1 Å². The van der Waals surface area contributed by atoms with E-state index < -0.39 is 10.8 Å². The normalized spacial score (nSPS) is 10.8. The zero-order valence-electron chi connectivity index (χ0n) is 12.8. The fraction of sp³-hybridized carbons (Fsp3) is 0.125. The van der Waals surface area contributed by atoms with Crippen LogP contribution in [0.25, 0.3) is 10.2 Å². The number of hydrogen-bond donors (Lipinski definition) is 1. The summed E-state index contributed by atoms with van der Waals surface area (Å²) in [7, 11) is 0. The summed E-state index contributed by atoms with van der Waals surface area (Å²) >= 11 is 7.12. The smallest absolute Gasteiger partial charge is 0.288 e. The van der Waals surface area contributed by atoms with Gasteiger partial charge in [0, 0.05) is 11.6 Å². The molecule has 0 spiro atoms. The van der Waals surface area contributed by atoms with Crippen LogP contribution in [0.15, 0.2) is 30.3 Å². The Morgan fingerprint density at radius 3 is 2.75 bits per heavy atom. The van der Waals surface area contributed by atoms with Gasteiger partial charge < -0.3 is 0 Å². The van der Waals surface area contributed by atoms with Gasteiger partial charge in [-0.2, -0.15) is 0 Å². The van der Waals surface area contributed by atoms with Gasteiger partial charge in [0.05, 0.1) is 15.1 Å². The number of rotatable bonds is 3. The average molecular weight is 362 g/mol. The SMILES string of the molecule is Cc1cc(C)c2nc(NC(=O)c3ccc(Cl)c([N+](=O)[O-])c3)sc2c1. The molecule has 3 aromatic rings. The van der Waals surface area contributed by atoms with Gasteiger partial charge in [-0.3, -0.25) is 20.2 Å². The molecule has 0 unspecified atom stereocenters. The van der Waals surface area contributed by atoms with Crippen molar-refractivity contribution in [2.24, 2.45) is 0 Å². The molecule has 24 heavy (non-hydrogen) atoms. The van der Waals surface area contributed by atoms with Gasteiger partial charge >= 0.3 is 0 Å². The first kappa shape index (κ1) is 16.4. The minimum Gasteiger partial charge on any atom is -0.298 e. The lowest BCUT2D eigenvalue weighted by molar-refractivity contribution is -0.384. The van der Waals surface area contributed by atoms with Crippen LogP contribution < -0.4 is 5.32 Å². The molecule has 1 N–H and O–H groups in total. The maximum absolute atomic E-state index is 12.3. The number of nitro groups is 1. The molecule has 3 rings (SSSR count). The van der Waals surface area contributed by atoms with Crippen molar-refractivity contribution in [3.05, 3.63) is 62.2 Å². The number of nitrogens with zero attached hydrogens (tertiary/aromatic N) is 2. The van der Waals surface area contributed by atoms with Gasteiger partial charge in [0.1, 0.15) is 5.02 Å². The van der Waals surface area contributed by atoms with E-state index in [4.69, 9.17) is 11.6 Å². The number of fused-ring (bicyclic) bond motifs is 1.